The molecule has 9 heteroatoms. The monoisotopic (exact) mass is 421 g/mol. The number of nitrogens with one attached hydrogen (secondary N) is 2. The van der Waals surface area contributed by atoms with Crippen LogP contribution in [-0.2, 0) is 16.1 Å². The molecule has 1 amide bonds. The maximum absolute atomic E-state index is 12.8. The number of amides is 1. The van der Waals surface area contributed by atoms with Crippen molar-refractivity contribution in [2.45, 2.75) is 53.2 Å². The summed E-state index contributed by atoms with van der Waals surface area (Å²) in [4.78, 5) is 40.0. The highest BCUT2D eigenvalue weighted by Crippen LogP contribution is 2.30. The van der Waals surface area contributed by atoms with Gasteiger partial charge in [-0.25, -0.2) is 4.79 Å². The van der Waals surface area contributed by atoms with Gasteiger partial charge in [-0.15, -0.1) is 0 Å². The Hall–Kier alpha value is -2.81. The SMILES string of the molecule is CCOc1cc2[nH]c(=O)n(CCC(=O)NCCCOC(C)C)c(=O)c2cc1OCC. The third kappa shape index (κ3) is 6.35. The van der Waals surface area contributed by atoms with Crippen molar-refractivity contribution in [1.82, 2.24) is 14.9 Å². The molecule has 0 aliphatic heterocycles. The van der Waals surface area contributed by atoms with Gasteiger partial charge < -0.3 is 24.5 Å². The van der Waals surface area contributed by atoms with Crippen LogP contribution in [0, 0.1) is 0 Å². The Morgan fingerprint density at radius 2 is 1.80 bits per heavy atom. The van der Waals surface area contributed by atoms with Crippen molar-refractivity contribution in [3.05, 3.63) is 33.0 Å². The molecule has 0 radical (unpaired) electrons. The van der Waals surface area contributed by atoms with Crippen LogP contribution in [-0.4, -0.2) is 47.9 Å². The predicted octanol–water partition coefficient (Wildman–Crippen LogP) is 1.81. The number of ether oxygens (including phenoxy) is 3. The molecule has 30 heavy (non-hydrogen) atoms. The van der Waals surface area contributed by atoms with Gasteiger partial charge in [0.25, 0.3) is 5.56 Å². The van der Waals surface area contributed by atoms with E-state index in [9.17, 15) is 14.4 Å². The molecule has 0 fully saturated rings. The Morgan fingerprint density at radius 1 is 1.13 bits per heavy atom. The van der Waals surface area contributed by atoms with E-state index in [2.05, 4.69) is 10.3 Å². The second-order valence-corrected chi connectivity index (χ2v) is 6.97. The van der Waals surface area contributed by atoms with Gasteiger partial charge in [0, 0.05) is 32.2 Å². The molecule has 1 aromatic heterocycles. The largest absolute Gasteiger partial charge is 0.490 e. The third-order valence-electron chi connectivity index (χ3n) is 4.30. The topological polar surface area (TPSA) is 112 Å². The Labute approximate surface area is 175 Å². The molecule has 1 heterocycles. The highest BCUT2D eigenvalue weighted by atomic mass is 16.5. The number of rotatable bonds is 12. The van der Waals surface area contributed by atoms with E-state index in [-0.39, 0.29) is 25.0 Å². The minimum atomic E-state index is -0.572. The molecule has 0 unspecified atom stereocenters. The first-order valence-corrected chi connectivity index (χ1v) is 10.3. The normalized spacial score (nSPS) is 11.1. The van der Waals surface area contributed by atoms with Crippen LogP contribution in [0.3, 0.4) is 0 Å². The Morgan fingerprint density at radius 3 is 2.43 bits per heavy atom. The van der Waals surface area contributed by atoms with E-state index in [1.807, 2.05) is 27.7 Å². The molecule has 1 aromatic carbocycles. The standard InChI is InChI=1S/C21H31N3O6/c1-5-28-17-12-15-16(13-18(17)29-6-2)23-21(27)24(20(15)26)10-8-19(25)22-9-7-11-30-14(3)4/h12-14H,5-11H2,1-4H3,(H,22,25)(H,23,27). The lowest BCUT2D eigenvalue weighted by Gasteiger charge is -2.13. The fourth-order valence-electron chi connectivity index (χ4n) is 2.92. The molecular formula is C21H31N3O6. The Kier molecular flexibility index (Phi) is 8.91. The molecule has 0 saturated carbocycles. The van der Waals surface area contributed by atoms with Crippen LogP contribution in [0.5, 0.6) is 11.5 Å². The minimum absolute atomic E-state index is 0.0182. The number of carbonyl (C=O) groups excluding carboxylic acids is 1. The van der Waals surface area contributed by atoms with Crippen molar-refractivity contribution in [1.29, 1.82) is 0 Å². The van der Waals surface area contributed by atoms with Gasteiger partial charge in [0.2, 0.25) is 5.91 Å². The molecule has 166 valence electrons. The van der Waals surface area contributed by atoms with Gasteiger partial charge in [-0.2, -0.15) is 0 Å². The summed E-state index contributed by atoms with van der Waals surface area (Å²) in [5, 5.41) is 3.07. The molecule has 0 aliphatic rings. The van der Waals surface area contributed by atoms with Gasteiger partial charge in [-0.05, 0) is 40.2 Å². The Balaban J connectivity index is 2.12. The first-order chi connectivity index (χ1) is 14.4. The second-order valence-electron chi connectivity index (χ2n) is 6.97. The van der Waals surface area contributed by atoms with Gasteiger partial charge >= 0.3 is 5.69 Å². The first kappa shape index (κ1) is 23.5. The number of hydrogen-bond acceptors (Lipinski definition) is 6. The molecule has 2 aromatic rings. The second kappa shape index (κ2) is 11.4. The van der Waals surface area contributed by atoms with Crippen LogP contribution in [0.15, 0.2) is 21.7 Å². The van der Waals surface area contributed by atoms with Gasteiger partial charge in [0.05, 0.1) is 30.2 Å². The number of aromatic nitrogens is 2. The van der Waals surface area contributed by atoms with Crippen molar-refractivity contribution in [2.24, 2.45) is 0 Å². The summed E-state index contributed by atoms with van der Waals surface area (Å²) in [7, 11) is 0. The van der Waals surface area contributed by atoms with Crippen LogP contribution in [0.25, 0.3) is 10.9 Å². The molecule has 2 rings (SSSR count). The number of hydrogen-bond donors (Lipinski definition) is 2. The number of carbonyl (C=O) groups is 1. The summed E-state index contributed by atoms with van der Waals surface area (Å²) in [6.07, 6.45) is 0.873. The highest BCUT2D eigenvalue weighted by molar-refractivity contribution is 5.81. The van der Waals surface area contributed by atoms with E-state index in [0.717, 1.165) is 4.57 Å². The maximum atomic E-state index is 12.8. The van der Waals surface area contributed by atoms with E-state index in [4.69, 9.17) is 14.2 Å². The molecule has 0 bridgehead atoms. The number of H-pyrrole nitrogens is 1. The summed E-state index contributed by atoms with van der Waals surface area (Å²) in [6, 6.07) is 3.15. The summed E-state index contributed by atoms with van der Waals surface area (Å²) < 4.78 is 17.5. The van der Waals surface area contributed by atoms with Gasteiger partial charge in [-0.1, -0.05) is 0 Å². The van der Waals surface area contributed by atoms with Crippen LogP contribution in [0.1, 0.15) is 40.5 Å². The van der Waals surface area contributed by atoms with Crippen molar-refractivity contribution in [2.75, 3.05) is 26.4 Å². The lowest BCUT2D eigenvalue weighted by molar-refractivity contribution is -0.121. The smallest absolute Gasteiger partial charge is 0.328 e. The van der Waals surface area contributed by atoms with Crippen LogP contribution in [0.2, 0.25) is 0 Å². The van der Waals surface area contributed by atoms with Crippen LogP contribution >= 0.6 is 0 Å². The van der Waals surface area contributed by atoms with Crippen molar-refractivity contribution >= 4 is 16.8 Å². The average molecular weight is 421 g/mol. The molecule has 9 nitrogen and oxygen atoms in total. The molecule has 2 N–H and O–H groups in total. The summed E-state index contributed by atoms with van der Waals surface area (Å²) >= 11 is 0. The Bertz CT molecular complexity index is 964. The van der Waals surface area contributed by atoms with Crippen molar-refractivity contribution in [3.8, 4) is 11.5 Å². The summed E-state index contributed by atoms with van der Waals surface area (Å²) in [6.45, 7) is 9.42. The first-order valence-electron chi connectivity index (χ1n) is 10.3. The number of nitrogens with zero attached hydrogens (tertiary/aromatic N) is 1. The molecule has 0 saturated heterocycles. The summed E-state index contributed by atoms with van der Waals surface area (Å²) in [5.41, 5.74) is -0.684. The van der Waals surface area contributed by atoms with Gasteiger partial charge in [0.1, 0.15) is 0 Å². The van der Waals surface area contributed by atoms with E-state index in [1.165, 1.54) is 0 Å². The lowest BCUT2D eigenvalue weighted by atomic mass is 10.2. The summed E-state index contributed by atoms with van der Waals surface area (Å²) in [5.74, 6) is 0.664. The fourth-order valence-corrected chi connectivity index (χ4v) is 2.92. The number of fused-ring (bicyclic) bond motifs is 1. The molecule has 0 atom stereocenters. The van der Waals surface area contributed by atoms with E-state index in [1.54, 1.807) is 12.1 Å². The maximum Gasteiger partial charge on any atom is 0.328 e. The predicted molar refractivity (Wildman–Crippen MR) is 114 cm³/mol. The zero-order chi connectivity index (χ0) is 22.1. The van der Waals surface area contributed by atoms with Crippen molar-refractivity contribution in [3.63, 3.8) is 0 Å². The number of benzene rings is 1. The van der Waals surface area contributed by atoms with Gasteiger partial charge in [0.15, 0.2) is 11.5 Å². The zero-order valence-electron chi connectivity index (χ0n) is 18.1. The number of aromatic amines is 1. The van der Waals surface area contributed by atoms with Crippen LogP contribution in [0.4, 0.5) is 0 Å². The molecule has 0 spiro atoms. The van der Waals surface area contributed by atoms with E-state index < -0.39 is 11.2 Å². The highest BCUT2D eigenvalue weighted by Gasteiger charge is 2.14. The third-order valence-corrected chi connectivity index (χ3v) is 4.30. The van der Waals surface area contributed by atoms with E-state index in [0.29, 0.717) is 55.2 Å². The average Bonchev–Trinajstić information content (AvgIpc) is 2.68. The molecular weight excluding hydrogens is 390 g/mol. The quantitative estimate of drug-likeness (QED) is 0.506. The van der Waals surface area contributed by atoms with Gasteiger partial charge in [-0.3, -0.25) is 14.2 Å². The molecule has 0 aliphatic carbocycles. The minimum Gasteiger partial charge on any atom is -0.490 e. The van der Waals surface area contributed by atoms with E-state index >= 15 is 0 Å². The van der Waals surface area contributed by atoms with Crippen molar-refractivity contribution < 1.29 is 19.0 Å². The fraction of sp³-hybridized carbons (Fsp3) is 0.571. The zero-order valence-corrected chi connectivity index (χ0v) is 18.1. The van der Waals surface area contributed by atoms with Crippen LogP contribution < -0.4 is 26.0 Å². The lowest BCUT2D eigenvalue weighted by Crippen LogP contribution is -2.37.